The largest absolute Gasteiger partial charge is 0.206 e. The summed E-state index contributed by atoms with van der Waals surface area (Å²) < 4.78 is 13.2. The van der Waals surface area contributed by atoms with Crippen LogP contribution < -0.4 is 0 Å². The molecule has 0 aromatic heterocycles. The van der Waals surface area contributed by atoms with Gasteiger partial charge >= 0.3 is 0 Å². The van der Waals surface area contributed by atoms with Crippen LogP contribution in [0.3, 0.4) is 0 Å². The smallest absolute Gasteiger partial charge is 0.137 e. The summed E-state index contributed by atoms with van der Waals surface area (Å²) in [6.45, 7) is 1.81. The van der Waals surface area contributed by atoms with Gasteiger partial charge in [-0.05, 0) is 40.5 Å². The first-order chi connectivity index (χ1) is 4.63. The van der Waals surface area contributed by atoms with Gasteiger partial charge in [0.15, 0.2) is 0 Å². The lowest BCUT2D eigenvalue weighted by molar-refractivity contribution is 0.618. The third-order valence-electron chi connectivity index (χ3n) is 1.31. The zero-order valence-electron chi connectivity index (χ0n) is 5.36. The maximum Gasteiger partial charge on any atom is 0.137 e. The van der Waals surface area contributed by atoms with Crippen LogP contribution in [0, 0.1) is 12.7 Å². The Bertz CT molecular complexity index is 233. The molecule has 0 spiro atoms. The summed E-state index contributed by atoms with van der Waals surface area (Å²) >= 11 is 7.22. The molecule has 54 valence electrons. The monoisotopic (exact) mass is 220 g/mol. The van der Waals surface area contributed by atoms with Gasteiger partial charge in [-0.1, -0.05) is 0 Å². The number of hydrogen-bond acceptors (Lipinski definition) is 1. The second-order valence-electron chi connectivity index (χ2n) is 2.01. The van der Waals surface area contributed by atoms with Gasteiger partial charge in [0.1, 0.15) is 5.82 Å². The first-order valence-corrected chi connectivity index (χ1v) is 4.00. The maximum atomic E-state index is 12.7. The number of halogens is 2. The van der Waals surface area contributed by atoms with Gasteiger partial charge in [0.05, 0.1) is 4.47 Å². The fourth-order valence-corrected chi connectivity index (χ4v) is 1.33. The predicted molar refractivity (Wildman–Crippen MR) is 46.1 cm³/mol. The quantitative estimate of drug-likeness (QED) is 0.639. The number of benzene rings is 1. The second-order valence-corrected chi connectivity index (χ2v) is 3.28. The molecule has 0 unspecified atom stereocenters. The summed E-state index contributed by atoms with van der Waals surface area (Å²) in [7, 11) is 0. The van der Waals surface area contributed by atoms with Crippen LogP contribution in [0.1, 0.15) is 5.56 Å². The van der Waals surface area contributed by atoms with E-state index in [2.05, 4.69) is 28.6 Å². The van der Waals surface area contributed by atoms with Crippen LogP contribution in [0.25, 0.3) is 0 Å². The van der Waals surface area contributed by atoms with Crippen molar-refractivity contribution in [3.05, 3.63) is 28.0 Å². The summed E-state index contributed by atoms with van der Waals surface area (Å²) in [6, 6.07) is 3.03. The minimum Gasteiger partial charge on any atom is -0.206 e. The van der Waals surface area contributed by atoms with Crippen LogP contribution in [-0.4, -0.2) is 0 Å². The molecule has 0 saturated carbocycles. The van der Waals surface area contributed by atoms with Gasteiger partial charge in [-0.15, -0.1) is 12.6 Å². The van der Waals surface area contributed by atoms with Gasteiger partial charge in [0, 0.05) is 4.90 Å². The van der Waals surface area contributed by atoms with Crippen LogP contribution >= 0.6 is 28.6 Å². The highest BCUT2D eigenvalue weighted by Gasteiger charge is 2.03. The van der Waals surface area contributed by atoms with Gasteiger partial charge in [0.25, 0.3) is 0 Å². The van der Waals surface area contributed by atoms with Crippen molar-refractivity contribution >= 4 is 28.6 Å². The van der Waals surface area contributed by atoms with Crippen molar-refractivity contribution in [2.24, 2.45) is 0 Å². The Kier molecular flexibility index (Phi) is 2.36. The second kappa shape index (κ2) is 2.93. The van der Waals surface area contributed by atoms with Gasteiger partial charge in [-0.25, -0.2) is 4.39 Å². The molecule has 1 aromatic rings. The first kappa shape index (κ1) is 8.08. The molecule has 0 N–H and O–H groups in total. The van der Waals surface area contributed by atoms with Gasteiger partial charge in [-0.2, -0.15) is 0 Å². The lowest BCUT2D eigenvalue weighted by atomic mass is 10.2. The summed E-state index contributed by atoms with van der Waals surface area (Å²) in [5.41, 5.74) is 0.836. The van der Waals surface area contributed by atoms with E-state index in [-0.39, 0.29) is 5.82 Å². The van der Waals surface area contributed by atoms with Crippen molar-refractivity contribution in [3.63, 3.8) is 0 Å². The molecule has 0 saturated heterocycles. The van der Waals surface area contributed by atoms with E-state index in [1.54, 1.807) is 6.07 Å². The molecule has 0 aliphatic rings. The molecule has 0 bridgehead atoms. The van der Waals surface area contributed by atoms with Crippen molar-refractivity contribution in [2.45, 2.75) is 11.8 Å². The van der Waals surface area contributed by atoms with Crippen LogP contribution in [0.2, 0.25) is 0 Å². The van der Waals surface area contributed by atoms with Crippen molar-refractivity contribution in [3.8, 4) is 0 Å². The lowest BCUT2D eigenvalue weighted by Gasteiger charge is -2.01. The third kappa shape index (κ3) is 1.35. The maximum absolute atomic E-state index is 12.7. The molecule has 0 heterocycles. The van der Waals surface area contributed by atoms with Crippen LogP contribution in [-0.2, 0) is 0 Å². The Morgan fingerprint density at radius 3 is 2.60 bits per heavy atom. The Balaban J connectivity index is 3.34. The van der Waals surface area contributed by atoms with E-state index in [1.807, 2.05) is 6.92 Å². The normalized spacial score (nSPS) is 10.0. The molecule has 10 heavy (non-hydrogen) atoms. The van der Waals surface area contributed by atoms with E-state index >= 15 is 0 Å². The van der Waals surface area contributed by atoms with Gasteiger partial charge < -0.3 is 0 Å². The summed E-state index contributed by atoms with van der Waals surface area (Å²) in [5.74, 6) is -0.240. The number of rotatable bonds is 0. The fraction of sp³-hybridized carbons (Fsp3) is 0.143. The Labute approximate surface area is 73.0 Å². The molecule has 0 fully saturated rings. The standard InChI is InChI=1S/C7H6BrFS/c1-4-6(10)3-2-5(9)7(4)8/h2-3,10H,1H3. The predicted octanol–water partition coefficient (Wildman–Crippen LogP) is 3.19. The molecule has 1 aromatic carbocycles. The highest BCUT2D eigenvalue weighted by molar-refractivity contribution is 9.10. The Morgan fingerprint density at radius 2 is 2.10 bits per heavy atom. The van der Waals surface area contributed by atoms with E-state index in [9.17, 15) is 4.39 Å². The van der Waals surface area contributed by atoms with E-state index in [1.165, 1.54) is 6.07 Å². The molecule has 0 atom stereocenters. The van der Waals surface area contributed by atoms with Crippen molar-refractivity contribution in [2.75, 3.05) is 0 Å². The minimum atomic E-state index is -0.240. The lowest BCUT2D eigenvalue weighted by Crippen LogP contribution is -1.83. The van der Waals surface area contributed by atoms with E-state index in [0.717, 1.165) is 10.5 Å². The van der Waals surface area contributed by atoms with Crippen LogP contribution in [0.4, 0.5) is 4.39 Å². The topological polar surface area (TPSA) is 0 Å². The highest BCUT2D eigenvalue weighted by atomic mass is 79.9. The average molecular weight is 221 g/mol. The molecule has 0 radical (unpaired) electrons. The molecular formula is C7H6BrFS. The van der Waals surface area contributed by atoms with E-state index < -0.39 is 0 Å². The van der Waals surface area contributed by atoms with Gasteiger partial charge in [0.2, 0.25) is 0 Å². The zero-order valence-corrected chi connectivity index (χ0v) is 7.84. The molecule has 0 nitrogen and oxygen atoms in total. The van der Waals surface area contributed by atoms with Crippen LogP contribution in [0.5, 0.6) is 0 Å². The average Bonchev–Trinajstić information content (AvgIpc) is 1.93. The van der Waals surface area contributed by atoms with Crippen molar-refractivity contribution < 1.29 is 4.39 Å². The van der Waals surface area contributed by atoms with Crippen molar-refractivity contribution in [1.29, 1.82) is 0 Å². The SMILES string of the molecule is Cc1c(S)ccc(F)c1Br. The highest BCUT2D eigenvalue weighted by Crippen LogP contribution is 2.24. The van der Waals surface area contributed by atoms with E-state index in [0.29, 0.717) is 4.47 Å². The molecule has 0 amide bonds. The van der Waals surface area contributed by atoms with Crippen LogP contribution in [0.15, 0.2) is 21.5 Å². The van der Waals surface area contributed by atoms with Gasteiger partial charge in [-0.3, -0.25) is 0 Å². The summed E-state index contributed by atoms with van der Waals surface area (Å²) in [6.07, 6.45) is 0. The summed E-state index contributed by atoms with van der Waals surface area (Å²) in [4.78, 5) is 0.799. The van der Waals surface area contributed by atoms with Crippen molar-refractivity contribution in [1.82, 2.24) is 0 Å². The van der Waals surface area contributed by atoms with E-state index in [4.69, 9.17) is 0 Å². The number of hydrogen-bond donors (Lipinski definition) is 1. The molecule has 0 aliphatic heterocycles. The summed E-state index contributed by atoms with van der Waals surface area (Å²) in [5, 5.41) is 0. The molecule has 3 heteroatoms. The molecular weight excluding hydrogens is 215 g/mol. The number of thiol groups is 1. The fourth-order valence-electron chi connectivity index (χ4n) is 0.642. The molecule has 1 rings (SSSR count). The molecule has 0 aliphatic carbocycles. The first-order valence-electron chi connectivity index (χ1n) is 2.76. The Morgan fingerprint density at radius 1 is 1.50 bits per heavy atom. The Hall–Kier alpha value is -0.0200. The zero-order chi connectivity index (χ0) is 7.72. The third-order valence-corrected chi connectivity index (χ3v) is 2.77. The minimum absolute atomic E-state index is 0.240.